The Morgan fingerprint density at radius 2 is 1.69 bits per heavy atom. The van der Waals surface area contributed by atoms with E-state index in [1.165, 1.54) is 31.4 Å². The van der Waals surface area contributed by atoms with Gasteiger partial charge in [-0.1, -0.05) is 30.7 Å². The maximum atomic E-state index is 12.8. The first kappa shape index (κ1) is 20.7. The van der Waals surface area contributed by atoms with Crippen LogP contribution in [0.25, 0.3) is 0 Å². The van der Waals surface area contributed by atoms with Gasteiger partial charge in [-0.15, -0.1) is 0 Å². The first-order chi connectivity index (χ1) is 12.1. The summed E-state index contributed by atoms with van der Waals surface area (Å²) in [5, 5.41) is 0.275. The number of hydrogen-bond acceptors (Lipinski definition) is 5. The summed E-state index contributed by atoms with van der Waals surface area (Å²) in [5.41, 5.74) is 0.657. The molecule has 0 unspecified atom stereocenters. The van der Waals surface area contributed by atoms with E-state index in [2.05, 4.69) is 4.72 Å². The van der Waals surface area contributed by atoms with Crippen LogP contribution in [0.4, 0.5) is 0 Å². The van der Waals surface area contributed by atoms with Crippen LogP contribution in [0.1, 0.15) is 24.9 Å². The lowest BCUT2D eigenvalue weighted by Crippen LogP contribution is -2.28. The normalized spacial score (nSPS) is 13.4. The van der Waals surface area contributed by atoms with Gasteiger partial charge in [0.2, 0.25) is 10.0 Å². The highest BCUT2D eigenvalue weighted by molar-refractivity contribution is 7.90. The molecule has 0 saturated carbocycles. The molecule has 2 aromatic carbocycles. The van der Waals surface area contributed by atoms with Gasteiger partial charge in [0.25, 0.3) is 0 Å². The number of benzene rings is 2. The van der Waals surface area contributed by atoms with Crippen LogP contribution >= 0.6 is 11.6 Å². The van der Waals surface area contributed by atoms with Crippen LogP contribution in [0.5, 0.6) is 5.75 Å². The molecule has 2 aromatic rings. The number of halogens is 1. The summed E-state index contributed by atoms with van der Waals surface area (Å²) < 4.78 is 56.4. The zero-order chi connectivity index (χ0) is 19.5. The fourth-order valence-corrected chi connectivity index (χ4v) is 4.82. The fraction of sp³-hybridized carbons (Fsp3) is 0.294. The summed E-state index contributed by atoms with van der Waals surface area (Å²) in [4.78, 5) is 0.120. The minimum atomic E-state index is -3.90. The lowest BCUT2D eigenvalue weighted by Gasteiger charge is -2.19. The number of rotatable bonds is 7. The average molecular weight is 418 g/mol. The predicted octanol–water partition coefficient (Wildman–Crippen LogP) is 3.18. The van der Waals surface area contributed by atoms with Crippen molar-refractivity contribution < 1.29 is 21.6 Å². The molecule has 0 aliphatic rings. The van der Waals surface area contributed by atoms with E-state index in [-0.39, 0.29) is 20.6 Å². The van der Waals surface area contributed by atoms with Gasteiger partial charge in [0.1, 0.15) is 10.6 Å². The van der Waals surface area contributed by atoms with Crippen molar-refractivity contribution in [2.75, 3.05) is 13.4 Å². The molecule has 0 fully saturated rings. The van der Waals surface area contributed by atoms with E-state index in [4.69, 9.17) is 16.3 Å². The summed E-state index contributed by atoms with van der Waals surface area (Å²) in [5.74, 6) is 0.184. The number of sulfonamides is 1. The van der Waals surface area contributed by atoms with Crippen LogP contribution in [0.15, 0.2) is 52.3 Å². The monoisotopic (exact) mass is 417 g/mol. The molecule has 0 spiro atoms. The van der Waals surface area contributed by atoms with E-state index >= 15 is 0 Å². The Bertz CT molecular complexity index is 986. The molecule has 6 nitrogen and oxygen atoms in total. The Hall–Kier alpha value is -1.61. The van der Waals surface area contributed by atoms with E-state index in [1.54, 1.807) is 18.2 Å². The predicted molar refractivity (Wildman–Crippen MR) is 101 cm³/mol. The van der Waals surface area contributed by atoms with Gasteiger partial charge in [0.15, 0.2) is 9.84 Å². The third-order valence-corrected chi connectivity index (χ3v) is 6.69. The van der Waals surface area contributed by atoms with E-state index in [9.17, 15) is 16.8 Å². The van der Waals surface area contributed by atoms with Crippen LogP contribution in [0.3, 0.4) is 0 Å². The number of methoxy groups -OCH3 is 1. The zero-order valence-corrected chi connectivity index (χ0v) is 17.0. The van der Waals surface area contributed by atoms with Gasteiger partial charge >= 0.3 is 0 Å². The van der Waals surface area contributed by atoms with Gasteiger partial charge in [-0.05, 0) is 42.3 Å². The molecule has 0 bridgehead atoms. The first-order valence-corrected chi connectivity index (χ1v) is 11.5. The molecule has 9 heteroatoms. The molecule has 0 heterocycles. The maximum absolute atomic E-state index is 12.8. The number of nitrogens with one attached hydrogen (secondary N) is 1. The third-order valence-electron chi connectivity index (χ3n) is 3.83. The van der Waals surface area contributed by atoms with Crippen molar-refractivity contribution in [1.82, 2.24) is 4.72 Å². The highest BCUT2D eigenvalue weighted by atomic mass is 35.5. The summed E-state index contributed by atoms with van der Waals surface area (Å²) in [6.45, 7) is 1.83. The maximum Gasteiger partial charge on any atom is 0.244 e. The van der Waals surface area contributed by atoms with Crippen LogP contribution in [-0.2, 0) is 19.9 Å². The van der Waals surface area contributed by atoms with E-state index in [1.807, 2.05) is 6.92 Å². The Morgan fingerprint density at radius 3 is 2.19 bits per heavy atom. The highest BCUT2D eigenvalue weighted by Gasteiger charge is 2.24. The van der Waals surface area contributed by atoms with Gasteiger partial charge in [-0.3, -0.25) is 0 Å². The minimum Gasteiger partial charge on any atom is -0.495 e. The molecule has 1 atom stereocenters. The van der Waals surface area contributed by atoms with Gasteiger partial charge in [0, 0.05) is 17.3 Å². The van der Waals surface area contributed by atoms with Gasteiger partial charge in [-0.2, -0.15) is 0 Å². The van der Waals surface area contributed by atoms with Crippen LogP contribution in [0.2, 0.25) is 5.02 Å². The average Bonchev–Trinajstić information content (AvgIpc) is 2.59. The molecule has 0 saturated heterocycles. The number of hydrogen-bond donors (Lipinski definition) is 1. The second-order valence-electron chi connectivity index (χ2n) is 5.72. The molecule has 1 N–H and O–H groups in total. The van der Waals surface area contributed by atoms with Gasteiger partial charge < -0.3 is 4.74 Å². The minimum absolute atomic E-state index is 0.0568. The van der Waals surface area contributed by atoms with Crippen LogP contribution in [0, 0.1) is 0 Å². The Morgan fingerprint density at radius 1 is 1.08 bits per heavy atom. The van der Waals surface area contributed by atoms with Crippen molar-refractivity contribution in [1.29, 1.82) is 0 Å². The molecule has 0 amide bonds. The van der Waals surface area contributed by atoms with E-state index in [0.717, 1.165) is 6.26 Å². The quantitative estimate of drug-likeness (QED) is 0.747. The fourth-order valence-electron chi connectivity index (χ4n) is 2.45. The van der Waals surface area contributed by atoms with Crippen molar-refractivity contribution in [3.05, 3.63) is 53.1 Å². The van der Waals surface area contributed by atoms with Crippen molar-refractivity contribution in [2.24, 2.45) is 0 Å². The second kappa shape index (κ2) is 7.96. The molecular formula is C17H20ClNO5S2. The summed E-state index contributed by atoms with van der Waals surface area (Å²) in [6.07, 6.45) is 1.59. The van der Waals surface area contributed by atoms with Crippen molar-refractivity contribution >= 4 is 31.5 Å². The van der Waals surface area contributed by atoms with Crippen molar-refractivity contribution in [3.63, 3.8) is 0 Å². The summed E-state index contributed by atoms with van der Waals surface area (Å²) in [7, 11) is -5.84. The summed E-state index contributed by atoms with van der Waals surface area (Å²) in [6, 6.07) is 9.94. The first-order valence-electron chi connectivity index (χ1n) is 7.74. The standard InChI is InChI=1S/C17H20ClNO5S2/c1-4-15(12-5-8-14(9-6-12)25(3,20)21)19-26(22,23)17-11-13(18)7-10-16(17)24-2/h5-11,15,19H,4H2,1-3H3/t15-/m1/s1. The Labute approximate surface area is 159 Å². The molecule has 0 aliphatic carbocycles. The molecule has 26 heavy (non-hydrogen) atoms. The van der Waals surface area contributed by atoms with E-state index in [0.29, 0.717) is 12.0 Å². The molecule has 0 radical (unpaired) electrons. The zero-order valence-electron chi connectivity index (χ0n) is 14.6. The molecule has 0 aliphatic heterocycles. The lowest BCUT2D eigenvalue weighted by atomic mass is 10.1. The molecular weight excluding hydrogens is 398 g/mol. The van der Waals surface area contributed by atoms with E-state index < -0.39 is 25.9 Å². The molecule has 0 aromatic heterocycles. The van der Waals surface area contributed by atoms with Gasteiger partial charge in [-0.25, -0.2) is 21.6 Å². The highest BCUT2D eigenvalue weighted by Crippen LogP contribution is 2.29. The summed E-state index contributed by atoms with van der Waals surface area (Å²) >= 11 is 5.92. The number of sulfone groups is 1. The van der Waals surface area contributed by atoms with Gasteiger partial charge in [0.05, 0.1) is 12.0 Å². The molecule has 142 valence electrons. The smallest absolute Gasteiger partial charge is 0.244 e. The lowest BCUT2D eigenvalue weighted by molar-refractivity contribution is 0.402. The second-order valence-corrected chi connectivity index (χ2v) is 9.85. The topological polar surface area (TPSA) is 89.5 Å². The van der Waals surface area contributed by atoms with Crippen molar-refractivity contribution in [2.45, 2.75) is 29.2 Å². The SMILES string of the molecule is CC[C@@H](NS(=O)(=O)c1cc(Cl)ccc1OC)c1ccc(S(C)(=O)=O)cc1. The molecule has 2 rings (SSSR count). The van der Waals surface area contributed by atoms with Crippen molar-refractivity contribution in [3.8, 4) is 5.75 Å². The largest absolute Gasteiger partial charge is 0.495 e. The van der Waals surface area contributed by atoms with Crippen LogP contribution in [-0.4, -0.2) is 30.2 Å². The number of ether oxygens (including phenoxy) is 1. The Kier molecular flexibility index (Phi) is 6.33. The third kappa shape index (κ3) is 4.76. The van der Waals surface area contributed by atoms with Crippen LogP contribution < -0.4 is 9.46 Å². The Balaban J connectivity index is 2.36.